The van der Waals surface area contributed by atoms with Gasteiger partial charge in [0.15, 0.2) is 0 Å². The highest BCUT2D eigenvalue weighted by molar-refractivity contribution is 5.88. The van der Waals surface area contributed by atoms with Crippen molar-refractivity contribution in [2.75, 3.05) is 0 Å². The second-order valence-corrected chi connectivity index (χ2v) is 12.9. The average molecular weight is 593 g/mol. The minimum atomic E-state index is 0.593. The van der Waals surface area contributed by atoms with E-state index in [1.807, 2.05) is 55.4 Å². The first-order valence-electron chi connectivity index (χ1n) is 18.6. The molecule has 4 aliphatic rings. The molecule has 4 aromatic carbocycles. The zero-order valence-electron chi connectivity index (χ0n) is 30.2. The van der Waals surface area contributed by atoms with E-state index < -0.39 is 0 Å². The molecule has 0 amide bonds. The van der Waals surface area contributed by atoms with Crippen molar-refractivity contribution in [2.45, 2.75) is 145 Å². The molecule has 0 nitrogen and oxygen atoms in total. The van der Waals surface area contributed by atoms with Gasteiger partial charge >= 0.3 is 0 Å². The van der Waals surface area contributed by atoms with Gasteiger partial charge in [-0.25, -0.2) is 0 Å². The highest BCUT2D eigenvalue weighted by Crippen LogP contribution is 2.57. The van der Waals surface area contributed by atoms with Crippen LogP contribution in [0.5, 0.6) is 0 Å². The highest BCUT2D eigenvalue weighted by atomic mass is 14.5. The number of hydrogen-bond acceptors (Lipinski definition) is 0. The van der Waals surface area contributed by atoms with E-state index >= 15 is 0 Å². The Morgan fingerprint density at radius 2 is 0.818 bits per heavy atom. The highest BCUT2D eigenvalue weighted by Gasteiger charge is 2.44. The topological polar surface area (TPSA) is 0 Å². The molecule has 0 N–H and O–H groups in total. The molecule has 2 saturated carbocycles. The Hall–Kier alpha value is -2.60. The van der Waals surface area contributed by atoms with E-state index in [-0.39, 0.29) is 0 Å². The molecule has 0 heterocycles. The molecule has 0 aromatic heterocycles. The lowest BCUT2D eigenvalue weighted by Crippen LogP contribution is -2.26. The normalized spacial score (nSPS) is 25.2. The van der Waals surface area contributed by atoms with Crippen LogP contribution in [-0.2, 0) is 12.8 Å². The number of fused-ring (bicyclic) bond motifs is 10. The molecule has 0 aliphatic heterocycles. The van der Waals surface area contributed by atoms with Crippen molar-refractivity contribution >= 4 is 21.5 Å². The molecule has 4 aliphatic carbocycles. The first-order chi connectivity index (χ1) is 21.6. The number of benzene rings is 4. The lowest BCUT2D eigenvalue weighted by molar-refractivity contribution is 0.253. The summed E-state index contributed by atoms with van der Waals surface area (Å²) in [6, 6.07) is 27.3. The largest absolute Gasteiger partial charge is 0.0683 e. The Bertz CT molecular complexity index is 1330. The summed E-state index contributed by atoms with van der Waals surface area (Å²) in [7, 11) is 0. The summed E-state index contributed by atoms with van der Waals surface area (Å²) in [5.41, 5.74) is 7.82. The number of aryl methyl sites for hydroxylation is 2. The average Bonchev–Trinajstić information content (AvgIpc) is 3.71. The Morgan fingerprint density at radius 1 is 0.455 bits per heavy atom. The van der Waals surface area contributed by atoms with Crippen LogP contribution in [0.25, 0.3) is 21.5 Å². The van der Waals surface area contributed by atoms with Gasteiger partial charge in [0.05, 0.1) is 0 Å². The summed E-state index contributed by atoms with van der Waals surface area (Å²) < 4.78 is 0. The van der Waals surface area contributed by atoms with Gasteiger partial charge in [0.2, 0.25) is 0 Å². The van der Waals surface area contributed by atoms with Crippen molar-refractivity contribution in [3.8, 4) is 0 Å². The van der Waals surface area contributed by atoms with Gasteiger partial charge < -0.3 is 0 Å². The van der Waals surface area contributed by atoms with Gasteiger partial charge in [-0.3, -0.25) is 0 Å². The first-order valence-corrected chi connectivity index (χ1v) is 18.6. The van der Waals surface area contributed by atoms with Crippen LogP contribution in [0, 0.1) is 10.8 Å². The monoisotopic (exact) mass is 593 g/mol. The van der Waals surface area contributed by atoms with Gasteiger partial charge in [-0.2, -0.15) is 0 Å². The van der Waals surface area contributed by atoms with Crippen LogP contribution in [0.3, 0.4) is 0 Å². The molecule has 240 valence electrons. The maximum absolute atomic E-state index is 2.52. The zero-order valence-corrected chi connectivity index (χ0v) is 30.2. The summed E-state index contributed by atoms with van der Waals surface area (Å²) in [6.07, 6.45) is 13.9. The van der Waals surface area contributed by atoms with Crippen LogP contribution >= 0.6 is 0 Å². The zero-order chi connectivity index (χ0) is 32.3. The summed E-state index contributed by atoms with van der Waals surface area (Å²) in [5.74, 6) is 1.65. The molecule has 4 aromatic rings. The predicted octanol–water partition coefficient (Wildman–Crippen LogP) is 14.2. The maximum Gasteiger partial charge on any atom is -0.0105 e. The fourth-order valence-corrected chi connectivity index (χ4v) is 8.86. The van der Waals surface area contributed by atoms with Crippen molar-refractivity contribution in [3.05, 3.63) is 95.1 Å². The van der Waals surface area contributed by atoms with Crippen molar-refractivity contribution in [1.29, 1.82) is 0 Å². The van der Waals surface area contributed by atoms with E-state index in [0.717, 1.165) is 11.8 Å². The van der Waals surface area contributed by atoms with Crippen molar-refractivity contribution < 1.29 is 0 Å². The van der Waals surface area contributed by atoms with Gasteiger partial charge in [0, 0.05) is 0 Å². The SMILES string of the molecule is CC.CC.CC.CC.C[C@@]12CCC[C@H]1c1ccc3ccccc3c1CC2.C[C@]12CCC[C@@H]1c1ccc3ccccc3c1CC2. The van der Waals surface area contributed by atoms with E-state index in [4.69, 9.17) is 0 Å². The molecule has 0 heteroatoms. The fourth-order valence-electron chi connectivity index (χ4n) is 8.86. The van der Waals surface area contributed by atoms with Crippen molar-refractivity contribution in [1.82, 2.24) is 0 Å². The van der Waals surface area contributed by atoms with Crippen LogP contribution < -0.4 is 0 Å². The molecule has 8 rings (SSSR count). The molecule has 4 atom stereocenters. The predicted molar refractivity (Wildman–Crippen MR) is 199 cm³/mol. The molecule has 0 bridgehead atoms. The van der Waals surface area contributed by atoms with Crippen LogP contribution in [0.15, 0.2) is 72.8 Å². The third-order valence-corrected chi connectivity index (χ3v) is 11.0. The number of hydrogen-bond donors (Lipinski definition) is 0. The van der Waals surface area contributed by atoms with Gasteiger partial charge in [0.25, 0.3) is 0 Å². The molecule has 0 spiro atoms. The number of rotatable bonds is 0. The summed E-state index contributed by atoms with van der Waals surface area (Å²) in [6.45, 7) is 21.0. The van der Waals surface area contributed by atoms with E-state index in [1.54, 1.807) is 22.3 Å². The molecule has 0 unspecified atom stereocenters. The second kappa shape index (κ2) is 16.6. The first kappa shape index (κ1) is 35.9. The third-order valence-electron chi connectivity index (χ3n) is 11.0. The lowest BCUT2D eigenvalue weighted by Gasteiger charge is -2.38. The lowest BCUT2D eigenvalue weighted by atomic mass is 9.66. The quantitative estimate of drug-likeness (QED) is 0.190. The molecule has 44 heavy (non-hydrogen) atoms. The molecular formula is C44H64. The van der Waals surface area contributed by atoms with Crippen LogP contribution in [-0.4, -0.2) is 0 Å². The smallest absolute Gasteiger partial charge is 0.0105 e. The molecular weight excluding hydrogens is 528 g/mol. The molecule has 2 fully saturated rings. The third kappa shape index (κ3) is 6.95. The fraction of sp³-hybridized carbons (Fsp3) is 0.545. The van der Waals surface area contributed by atoms with Crippen LogP contribution in [0.1, 0.15) is 155 Å². The van der Waals surface area contributed by atoms with E-state index in [0.29, 0.717) is 10.8 Å². The summed E-state index contributed by atoms with van der Waals surface area (Å²) in [5, 5.41) is 5.84. The summed E-state index contributed by atoms with van der Waals surface area (Å²) >= 11 is 0. The van der Waals surface area contributed by atoms with Crippen LogP contribution in [0.4, 0.5) is 0 Å². The van der Waals surface area contributed by atoms with E-state index in [9.17, 15) is 0 Å². The standard InChI is InChI=1S/2C18H20.4C2H6/c2*1-18-11-4-7-17(18)16-9-8-13-5-2-3-6-14(13)15(16)10-12-18;4*1-2/h2*2-3,5-6,8-9,17H,4,7,10-12H2,1H3;4*1-2H3/t2*17-,18-;;;;/m10..../s1. The molecule has 0 radical (unpaired) electrons. The Kier molecular flexibility index (Phi) is 13.6. The summed E-state index contributed by atoms with van der Waals surface area (Å²) in [4.78, 5) is 0. The van der Waals surface area contributed by atoms with Gasteiger partial charge in [-0.15, -0.1) is 0 Å². The second-order valence-electron chi connectivity index (χ2n) is 12.9. The van der Waals surface area contributed by atoms with Crippen LogP contribution in [0.2, 0.25) is 0 Å². The van der Waals surface area contributed by atoms with Gasteiger partial charge in [0.1, 0.15) is 0 Å². The van der Waals surface area contributed by atoms with Crippen molar-refractivity contribution in [3.63, 3.8) is 0 Å². The van der Waals surface area contributed by atoms with Gasteiger partial charge in [-0.1, -0.05) is 155 Å². The van der Waals surface area contributed by atoms with Gasteiger partial charge in [-0.05, 0) is 118 Å². The minimum Gasteiger partial charge on any atom is -0.0683 e. The Labute approximate surface area is 272 Å². The maximum atomic E-state index is 2.52. The Morgan fingerprint density at radius 3 is 1.20 bits per heavy atom. The van der Waals surface area contributed by atoms with E-state index in [2.05, 4.69) is 86.6 Å². The Balaban J connectivity index is 0.000000197. The molecule has 0 saturated heterocycles. The van der Waals surface area contributed by atoms with Crippen molar-refractivity contribution in [2.24, 2.45) is 10.8 Å². The van der Waals surface area contributed by atoms with E-state index in [1.165, 1.54) is 85.8 Å². The minimum absolute atomic E-state index is 0.593.